The summed E-state index contributed by atoms with van der Waals surface area (Å²) in [6.45, 7) is 0. The zero-order valence-electron chi connectivity index (χ0n) is 3.74. The van der Waals surface area contributed by atoms with Crippen LogP contribution in [0.3, 0.4) is 0 Å². The molecule has 0 rings (SSSR count). The summed E-state index contributed by atoms with van der Waals surface area (Å²) in [4.78, 5) is 0. The Labute approximate surface area is 42.8 Å². The minimum absolute atomic E-state index is 0. The first-order valence-electron chi connectivity index (χ1n) is 1.10. The van der Waals surface area contributed by atoms with Crippen LogP contribution in [0.25, 0.3) is 0 Å². The molecule has 50 valence electrons. The Morgan fingerprint density at radius 2 is 1.00 bits per heavy atom. The summed E-state index contributed by atoms with van der Waals surface area (Å²) in [5.74, 6) is 0. The van der Waals surface area contributed by atoms with Crippen LogP contribution in [-0.2, 0) is 0 Å². The van der Waals surface area contributed by atoms with Crippen molar-refractivity contribution in [2.45, 2.75) is 0 Å². The second-order valence-corrected chi connectivity index (χ2v) is 0.495. The standard InChI is InChI=1S/BF4.N2.H3N/c2-1(3,4)5;1-2;/h;;1H3/q-1;;/p+1. The first-order chi connectivity index (χ1) is 3.00. The first kappa shape index (κ1) is 15.7. The highest BCUT2D eigenvalue weighted by Gasteiger charge is 2.20. The van der Waals surface area contributed by atoms with Gasteiger partial charge in [0.2, 0.25) is 5.39 Å². The largest absolute Gasteiger partial charge is 0.673 e. The minimum Gasteiger partial charge on any atom is -0.418 e. The van der Waals surface area contributed by atoms with Crippen LogP contribution in [0.15, 0.2) is 0 Å². The highest BCUT2D eigenvalue weighted by molar-refractivity contribution is 6.50. The number of nitrogens with zero attached hydrogens (tertiary/aromatic N) is 1. The predicted octanol–water partition coefficient (Wildman–Crippen LogP) is -0.259. The van der Waals surface area contributed by atoms with E-state index in [9.17, 15) is 17.3 Å². The van der Waals surface area contributed by atoms with Crippen LogP contribution in [0.5, 0.6) is 0 Å². The molecule has 0 saturated carbocycles. The Balaban J connectivity index is -0.0000000750. The van der Waals surface area contributed by atoms with Crippen molar-refractivity contribution in [1.82, 2.24) is 6.15 Å². The smallest absolute Gasteiger partial charge is 0.418 e. The third-order valence-corrected chi connectivity index (χ3v) is 0. The molecule has 0 aromatic rings. The van der Waals surface area contributed by atoms with Crippen LogP contribution in [-0.4, -0.2) is 7.25 Å². The number of hydrogen-bond donors (Lipinski definition) is 2. The van der Waals surface area contributed by atoms with Crippen LogP contribution in [0.4, 0.5) is 17.3 Å². The number of rotatable bonds is 0. The molecule has 0 radical (unpaired) electrons. The van der Waals surface area contributed by atoms with Crippen molar-refractivity contribution in [3.8, 4) is 0 Å². The average molecular weight is 133 g/mol. The molecular formula is H4BF4N3. The molecule has 0 aromatic carbocycles. The maximum Gasteiger partial charge on any atom is 0.673 e. The summed E-state index contributed by atoms with van der Waals surface area (Å²) < 4.78 is 39.0. The van der Waals surface area contributed by atoms with Crippen LogP contribution < -0.4 is 11.5 Å². The van der Waals surface area contributed by atoms with E-state index in [1.54, 1.807) is 0 Å². The van der Waals surface area contributed by atoms with Crippen LogP contribution in [0, 0.1) is 5.39 Å². The molecule has 0 atom stereocenters. The normalized spacial score (nSPS) is 7.75. The Morgan fingerprint density at radius 1 is 1.00 bits per heavy atom. The predicted molar refractivity (Wildman–Crippen MR) is 17.9 cm³/mol. The molecular weight excluding hydrogens is 129 g/mol. The second kappa shape index (κ2) is 6.16. The van der Waals surface area contributed by atoms with E-state index in [0.717, 1.165) is 0 Å². The summed E-state index contributed by atoms with van der Waals surface area (Å²) >= 11 is 0. The van der Waals surface area contributed by atoms with Gasteiger partial charge in [0, 0.05) is 0 Å². The van der Waals surface area contributed by atoms with Crippen molar-refractivity contribution in [2.24, 2.45) is 0 Å². The van der Waals surface area contributed by atoms with Crippen molar-refractivity contribution >= 4 is 7.25 Å². The zero-order chi connectivity index (χ0) is 6.50. The molecule has 0 unspecified atom stereocenters. The topological polar surface area (TPSA) is 82.6 Å². The monoisotopic (exact) mass is 133 g/mol. The zero-order valence-corrected chi connectivity index (χ0v) is 3.74. The highest BCUT2D eigenvalue weighted by atomic mass is 19.5. The van der Waals surface area contributed by atoms with Crippen molar-refractivity contribution < 1.29 is 22.7 Å². The number of diazo groups is 1. The van der Waals surface area contributed by atoms with Gasteiger partial charge < -0.3 is 23.4 Å². The van der Waals surface area contributed by atoms with Gasteiger partial charge in [0.1, 0.15) is 0 Å². The van der Waals surface area contributed by atoms with E-state index in [4.69, 9.17) is 10.8 Å². The van der Waals surface area contributed by atoms with Gasteiger partial charge in [0.05, 0.1) is 5.39 Å². The molecule has 0 aromatic heterocycles. The third kappa shape index (κ3) is 128. The molecule has 0 bridgehead atoms. The molecule has 0 spiro atoms. The minimum atomic E-state index is -6.00. The average Bonchev–Trinajstić information content (AvgIpc) is 1.36. The Kier molecular flexibility index (Phi) is 12.1. The molecule has 3 nitrogen and oxygen atoms in total. The fraction of sp³-hybridized carbons (Fsp3) is 0. The van der Waals surface area contributed by atoms with Gasteiger partial charge in [-0.05, 0) is 0 Å². The van der Waals surface area contributed by atoms with Crippen molar-refractivity contribution in [3.63, 3.8) is 0 Å². The van der Waals surface area contributed by atoms with E-state index in [-0.39, 0.29) is 6.15 Å². The lowest BCUT2D eigenvalue weighted by Gasteiger charge is -1.94. The fourth-order valence-electron chi connectivity index (χ4n) is 0. The Bertz CT molecular complexity index is 48.0. The maximum absolute atomic E-state index is 9.75. The van der Waals surface area contributed by atoms with Gasteiger partial charge in [-0.2, -0.15) is 0 Å². The second-order valence-electron chi connectivity index (χ2n) is 0.495. The summed E-state index contributed by atoms with van der Waals surface area (Å²) in [5, 5.41) is 11.0. The lowest BCUT2D eigenvalue weighted by atomic mass is 10.3. The van der Waals surface area contributed by atoms with Gasteiger partial charge in [-0.25, -0.2) is 0 Å². The molecule has 0 aliphatic carbocycles. The van der Waals surface area contributed by atoms with Gasteiger partial charge in [0.15, 0.2) is 0 Å². The van der Waals surface area contributed by atoms with Gasteiger partial charge >= 0.3 is 7.25 Å². The van der Waals surface area contributed by atoms with Gasteiger partial charge in [-0.3, -0.25) is 0 Å². The number of hydrogen-bond acceptors (Lipinski definition) is 2. The lowest BCUT2D eigenvalue weighted by Crippen LogP contribution is -2.11. The fourth-order valence-corrected chi connectivity index (χ4v) is 0. The van der Waals surface area contributed by atoms with Crippen LogP contribution >= 0.6 is 0 Å². The number of nitrogens with one attached hydrogen (secondary N) is 1. The summed E-state index contributed by atoms with van der Waals surface area (Å²) in [6, 6.07) is 0. The molecule has 0 saturated heterocycles. The van der Waals surface area contributed by atoms with Gasteiger partial charge in [-0.1, -0.05) is 0 Å². The molecule has 0 aliphatic heterocycles. The van der Waals surface area contributed by atoms with Gasteiger partial charge in [0.25, 0.3) is 0 Å². The molecule has 0 heterocycles. The molecule has 0 amide bonds. The van der Waals surface area contributed by atoms with Crippen molar-refractivity contribution in [3.05, 3.63) is 0 Å². The SMILES string of the molecule is F[B-](F)(F)F.N.N#[NH+]. The van der Waals surface area contributed by atoms with E-state index >= 15 is 0 Å². The summed E-state index contributed by atoms with van der Waals surface area (Å²) in [6.07, 6.45) is 0. The summed E-state index contributed by atoms with van der Waals surface area (Å²) in [7, 11) is -6.00. The quantitative estimate of drug-likeness (QED) is 0.271. The van der Waals surface area contributed by atoms with E-state index in [0.29, 0.717) is 0 Å². The Morgan fingerprint density at radius 3 is 1.00 bits per heavy atom. The van der Waals surface area contributed by atoms with E-state index in [2.05, 4.69) is 0 Å². The Hall–Kier alpha value is -0.835. The molecule has 0 aliphatic rings. The maximum atomic E-state index is 9.75. The molecule has 4 N–H and O–H groups in total. The molecule has 0 fully saturated rings. The van der Waals surface area contributed by atoms with E-state index in [1.807, 2.05) is 0 Å². The third-order valence-electron chi connectivity index (χ3n) is 0. The van der Waals surface area contributed by atoms with Crippen LogP contribution in [0.1, 0.15) is 0 Å². The van der Waals surface area contributed by atoms with Crippen molar-refractivity contribution in [1.29, 1.82) is 5.39 Å². The number of halogens is 4. The van der Waals surface area contributed by atoms with Crippen molar-refractivity contribution in [2.75, 3.05) is 0 Å². The molecule has 8 heavy (non-hydrogen) atoms. The summed E-state index contributed by atoms with van der Waals surface area (Å²) in [5.41, 5.74) is 0. The van der Waals surface area contributed by atoms with Gasteiger partial charge in [-0.15, -0.1) is 0 Å². The molecule has 8 heteroatoms. The lowest BCUT2D eigenvalue weighted by molar-refractivity contribution is -0.175. The van der Waals surface area contributed by atoms with E-state index < -0.39 is 7.25 Å². The van der Waals surface area contributed by atoms with E-state index in [1.165, 1.54) is 0 Å². The highest BCUT2D eigenvalue weighted by Crippen LogP contribution is 2.06. The van der Waals surface area contributed by atoms with Crippen LogP contribution in [0.2, 0.25) is 0 Å². The first-order valence-corrected chi connectivity index (χ1v) is 1.10.